The number of halogens is 1. The summed E-state index contributed by atoms with van der Waals surface area (Å²) in [4.78, 5) is 4.79. The molecule has 2 rings (SSSR count). The molecule has 2 unspecified atom stereocenters. The van der Waals surface area contributed by atoms with Crippen molar-refractivity contribution in [2.45, 2.75) is 38.3 Å². The fraction of sp³-hybridized carbons (Fsp3) is 0.647. The van der Waals surface area contributed by atoms with Crippen LogP contribution < -0.4 is 5.73 Å². The van der Waals surface area contributed by atoms with Gasteiger partial charge < -0.3 is 15.5 Å². The van der Waals surface area contributed by atoms with Crippen molar-refractivity contribution in [1.29, 1.82) is 0 Å². The highest BCUT2D eigenvalue weighted by molar-refractivity contribution is 5.25. The number of likely N-dealkylation sites (tertiary alicyclic amines) is 1. The third kappa shape index (κ3) is 4.50. The van der Waals surface area contributed by atoms with Gasteiger partial charge in [-0.2, -0.15) is 0 Å². The monoisotopic (exact) mass is 293 g/mol. The molecule has 0 aliphatic carbocycles. The molecule has 2 N–H and O–H groups in total. The number of piperidine rings is 1. The lowest BCUT2D eigenvalue weighted by molar-refractivity contribution is 0.132. The zero-order valence-electron chi connectivity index (χ0n) is 13.5. The molecule has 0 bridgehead atoms. The quantitative estimate of drug-likeness (QED) is 0.905. The van der Waals surface area contributed by atoms with E-state index in [1.165, 1.54) is 19.4 Å². The lowest BCUT2D eigenvalue weighted by Gasteiger charge is -2.36. The Morgan fingerprint density at radius 1 is 1.48 bits per heavy atom. The van der Waals surface area contributed by atoms with Gasteiger partial charge in [-0.15, -0.1) is 0 Å². The highest BCUT2D eigenvalue weighted by Gasteiger charge is 2.21. The lowest BCUT2D eigenvalue weighted by Crippen LogP contribution is -2.45. The van der Waals surface area contributed by atoms with Crippen molar-refractivity contribution < 1.29 is 4.39 Å². The first-order chi connectivity index (χ1) is 9.97. The second-order valence-electron chi connectivity index (χ2n) is 6.44. The Kier molecular flexibility index (Phi) is 5.73. The summed E-state index contributed by atoms with van der Waals surface area (Å²) >= 11 is 0. The van der Waals surface area contributed by atoms with Crippen LogP contribution in [0.25, 0.3) is 0 Å². The molecule has 21 heavy (non-hydrogen) atoms. The van der Waals surface area contributed by atoms with Crippen LogP contribution in [0.15, 0.2) is 18.2 Å². The second kappa shape index (κ2) is 7.34. The zero-order chi connectivity index (χ0) is 15.4. The van der Waals surface area contributed by atoms with E-state index in [0.29, 0.717) is 11.6 Å². The third-order valence-electron chi connectivity index (χ3n) is 4.64. The summed E-state index contributed by atoms with van der Waals surface area (Å²) in [6.45, 7) is 5.06. The molecular weight excluding hydrogens is 265 g/mol. The summed E-state index contributed by atoms with van der Waals surface area (Å²) in [5.41, 5.74) is 7.79. The average molecular weight is 293 g/mol. The fourth-order valence-corrected chi connectivity index (χ4v) is 3.03. The minimum absolute atomic E-state index is 0.0936. The molecule has 0 amide bonds. The third-order valence-corrected chi connectivity index (χ3v) is 4.64. The van der Waals surface area contributed by atoms with Crippen LogP contribution >= 0.6 is 0 Å². The van der Waals surface area contributed by atoms with E-state index in [4.69, 9.17) is 5.73 Å². The molecule has 0 saturated carbocycles. The molecule has 2 atom stereocenters. The molecule has 0 spiro atoms. The van der Waals surface area contributed by atoms with Crippen LogP contribution in [-0.4, -0.2) is 49.6 Å². The molecule has 1 aliphatic rings. The van der Waals surface area contributed by atoms with E-state index >= 15 is 0 Å². The molecule has 1 heterocycles. The first-order valence-electron chi connectivity index (χ1n) is 7.88. The van der Waals surface area contributed by atoms with Gasteiger partial charge in [0.1, 0.15) is 5.82 Å². The van der Waals surface area contributed by atoms with Gasteiger partial charge in [-0.3, -0.25) is 0 Å². The van der Waals surface area contributed by atoms with E-state index in [-0.39, 0.29) is 11.9 Å². The minimum atomic E-state index is -0.162. The van der Waals surface area contributed by atoms with Crippen molar-refractivity contribution in [2.24, 2.45) is 5.73 Å². The van der Waals surface area contributed by atoms with Gasteiger partial charge >= 0.3 is 0 Å². The van der Waals surface area contributed by atoms with Gasteiger partial charge in [-0.1, -0.05) is 12.1 Å². The molecule has 1 fully saturated rings. The van der Waals surface area contributed by atoms with Crippen molar-refractivity contribution in [3.05, 3.63) is 35.1 Å². The van der Waals surface area contributed by atoms with Gasteiger partial charge in [0.05, 0.1) is 0 Å². The van der Waals surface area contributed by atoms with Gasteiger partial charge in [0.25, 0.3) is 0 Å². The molecular formula is C17H28FN3. The summed E-state index contributed by atoms with van der Waals surface area (Å²) in [5.74, 6) is -0.162. The summed E-state index contributed by atoms with van der Waals surface area (Å²) in [7, 11) is 4.35. The van der Waals surface area contributed by atoms with Crippen molar-refractivity contribution in [1.82, 2.24) is 9.80 Å². The first kappa shape index (κ1) is 16.4. The summed E-state index contributed by atoms with van der Waals surface area (Å²) in [6, 6.07) is 5.85. The number of rotatable bonds is 5. The number of benzene rings is 1. The smallest absolute Gasteiger partial charge is 0.126 e. The Labute approximate surface area is 127 Å². The first-order valence-corrected chi connectivity index (χ1v) is 7.88. The molecule has 4 heteroatoms. The molecule has 1 saturated heterocycles. The highest BCUT2D eigenvalue weighted by Crippen LogP contribution is 2.19. The van der Waals surface area contributed by atoms with E-state index in [1.807, 2.05) is 12.1 Å². The SMILES string of the molecule is Cc1ccc(C(N)CCN(C)C2CCCN(C)C2)cc1F. The molecule has 1 aromatic carbocycles. The largest absolute Gasteiger partial charge is 0.324 e. The van der Waals surface area contributed by atoms with Crippen LogP contribution in [0.5, 0.6) is 0 Å². The van der Waals surface area contributed by atoms with Crippen molar-refractivity contribution >= 4 is 0 Å². The lowest BCUT2D eigenvalue weighted by atomic mass is 10.0. The molecule has 3 nitrogen and oxygen atoms in total. The molecule has 1 aliphatic heterocycles. The van der Waals surface area contributed by atoms with Gasteiger partial charge in [-0.25, -0.2) is 4.39 Å². The van der Waals surface area contributed by atoms with E-state index in [9.17, 15) is 4.39 Å². The van der Waals surface area contributed by atoms with Crippen LogP contribution in [0, 0.1) is 12.7 Å². The van der Waals surface area contributed by atoms with Crippen LogP contribution in [0.3, 0.4) is 0 Å². The highest BCUT2D eigenvalue weighted by atomic mass is 19.1. The number of nitrogens with zero attached hydrogens (tertiary/aromatic N) is 2. The average Bonchev–Trinajstić information content (AvgIpc) is 2.47. The number of nitrogens with two attached hydrogens (primary N) is 1. The van der Waals surface area contributed by atoms with Gasteiger partial charge in [0, 0.05) is 18.6 Å². The molecule has 0 aromatic heterocycles. The van der Waals surface area contributed by atoms with Crippen molar-refractivity contribution in [2.75, 3.05) is 33.7 Å². The van der Waals surface area contributed by atoms with Crippen LogP contribution in [0.2, 0.25) is 0 Å². The predicted octanol–water partition coefficient (Wildman–Crippen LogP) is 2.55. The standard InChI is InChI=1S/C17H28FN3/c1-13-6-7-14(11-16(13)18)17(19)8-10-21(3)15-5-4-9-20(2)12-15/h6-7,11,15,17H,4-5,8-10,12,19H2,1-3H3. The van der Waals surface area contributed by atoms with Gasteiger partial charge in [0.2, 0.25) is 0 Å². The van der Waals surface area contributed by atoms with Crippen molar-refractivity contribution in [3.63, 3.8) is 0 Å². The maximum Gasteiger partial charge on any atom is 0.126 e. The number of aryl methyl sites for hydroxylation is 1. The Balaban J connectivity index is 1.85. The summed E-state index contributed by atoms with van der Waals surface area (Å²) in [6.07, 6.45) is 3.38. The van der Waals surface area contributed by atoms with E-state index in [0.717, 1.165) is 25.1 Å². The van der Waals surface area contributed by atoms with Crippen LogP contribution in [0.4, 0.5) is 4.39 Å². The van der Waals surface area contributed by atoms with E-state index in [2.05, 4.69) is 23.9 Å². The Hall–Kier alpha value is -0.970. The minimum Gasteiger partial charge on any atom is -0.324 e. The van der Waals surface area contributed by atoms with E-state index < -0.39 is 0 Å². The number of hydrogen-bond donors (Lipinski definition) is 1. The fourth-order valence-electron chi connectivity index (χ4n) is 3.03. The maximum atomic E-state index is 13.6. The van der Waals surface area contributed by atoms with E-state index in [1.54, 1.807) is 13.0 Å². The summed E-state index contributed by atoms with van der Waals surface area (Å²) < 4.78 is 13.6. The maximum absolute atomic E-state index is 13.6. The van der Waals surface area contributed by atoms with Crippen LogP contribution in [-0.2, 0) is 0 Å². The number of hydrogen-bond acceptors (Lipinski definition) is 3. The topological polar surface area (TPSA) is 32.5 Å². The molecule has 118 valence electrons. The summed E-state index contributed by atoms with van der Waals surface area (Å²) in [5, 5.41) is 0. The molecule has 1 aromatic rings. The Morgan fingerprint density at radius 2 is 2.24 bits per heavy atom. The van der Waals surface area contributed by atoms with Gasteiger partial charge in [0.15, 0.2) is 0 Å². The number of likely N-dealkylation sites (N-methyl/N-ethyl adjacent to an activating group) is 2. The predicted molar refractivity (Wildman–Crippen MR) is 85.8 cm³/mol. The zero-order valence-corrected chi connectivity index (χ0v) is 13.5. The molecule has 0 radical (unpaired) electrons. The van der Waals surface area contributed by atoms with Crippen molar-refractivity contribution in [3.8, 4) is 0 Å². The second-order valence-corrected chi connectivity index (χ2v) is 6.44. The Morgan fingerprint density at radius 3 is 2.90 bits per heavy atom. The normalized spacial score (nSPS) is 21.7. The van der Waals surface area contributed by atoms with Gasteiger partial charge in [-0.05, 0) is 70.6 Å². The Bertz CT molecular complexity index is 463. The van der Waals surface area contributed by atoms with Crippen LogP contribution in [0.1, 0.15) is 36.4 Å².